The Morgan fingerprint density at radius 2 is 1.97 bits per heavy atom. The van der Waals surface area contributed by atoms with E-state index in [9.17, 15) is 9.59 Å². The summed E-state index contributed by atoms with van der Waals surface area (Å²) in [5.41, 5.74) is 4.24. The Morgan fingerprint density at radius 3 is 2.72 bits per heavy atom. The van der Waals surface area contributed by atoms with Gasteiger partial charge in [0.15, 0.2) is 5.16 Å². The Hall–Kier alpha value is -3.98. The van der Waals surface area contributed by atoms with Crippen LogP contribution in [-0.2, 0) is 4.79 Å². The van der Waals surface area contributed by atoms with E-state index >= 15 is 0 Å². The summed E-state index contributed by atoms with van der Waals surface area (Å²) in [6.07, 6.45) is 4.81. The maximum atomic E-state index is 13.2. The van der Waals surface area contributed by atoms with Crippen molar-refractivity contribution >= 4 is 34.8 Å². The number of aromatic nitrogens is 3. The summed E-state index contributed by atoms with van der Waals surface area (Å²) in [4.78, 5) is 34.1. The van der Waals surface area contributed by atoms with Crippen LogP contribution in [0, 0.1) is 0 Å². The first kappa shape index (κ1) is 21.3. The molecule has 0 bridgehead atoms. The number of carbonyl (C=O) groups is 1. The molecular weight excluding hydrogens is 426 g/mol. The van der Waals surface area contributed by atoms with Gasteiger partial charge >= 0.3 is 0 Å². The molecule has 0 fully saturated rings. The first-order valence-electron chi connectivity index (χ1n) is 9.66. The fraction of sp³-hybridized carbons (Fsp3) is 0.0870. The lowest BCUT2D eigenvalue weighted by Gasteiger charge is -2.13. The Bertz CT molecular complexity index is 1320. The summed E-state index contributed by atoms with van der Waals surface area (Å²) in [6.45, 7) is 0. The lowest BCUT2D eigenvalue weighted by molar-refractivity contribution is -0.118. The average Bonchev–Trinajstić information content (AvgIpc) is 2.84. The van der Waals surface area contributed by atoms with Crippen LogP contribution in [0.1, 0.15) is 5.56 Å². The van der Waals surface area contributed by atoms with E-state index in [2.05, 4.69) is 20.5 Å². The molecule has 0 aliphatic heterocycles. The molecule has 0 aliphatic rings. The Balaban J connectivity index is 1.58. The fourth-order valence-electron chi connectivity index (χ4n) is 2.96. The van der Waals surface area contributed by atoms with E-state index in [1.807, 2.05) is 12.1 Å². The van der Waals surface area contributed by atoms with Crippen molar-refractivity contribution in [2.45, 2.75) is 5.16 Å². The number of para-hydroxylation sites is 1. The van der Waals surface area contributed by atoms with Crippen molar-refractivity contribution in [3.05, 3.63) is 89.0 Å². The van der Waals surface area contributed by atoms with Crippen molar-refractivity contribution in [2.75, 3.05) is 12.9 Å². The number of nitrogens with zero attached hydrogens (tertiary/aromatic N) is 4. The van der Waals surface area contributed by atoms with Crippen LogP contribution in [0.4, 0.5) is 0 Å². The number of rotatable bonds is 7. The molecule has 0 spiro atoms. The van der Waals surface area contributed by atoms with Gasteiger partial charge in [-0.1, -0.05) is 30.0 Å². The highest BCUT2D eigenvalue weighted by atomic mass is 32.2. The van der Waals surface area contributed by atoms with Crippen LogP contribution in [0.25, 0.3) is 16.6 Å². The van der Waals surface area contributed by atoms with E-state index in [1.165, 1.54) is 10.8 Å². The predicted octanol–water partition coefficient (Wildman–Crippen LogP) is 3.03. The smallest absolute Gasteiger partial charge is 0.266 e. The average molecular weight is 446 g/mol. The van der Waals surface area contributed by atoms with E-state index in [-0.39, 0.29) is 17.2 Å². The molecule has 32 heavy (non-hydrogen) atoms. The SMILES string of the molecule is COc1ccc(-n2c(SCC(=O)N/N=C/c3cccnc3)nc3ccccc3c2=O)cc1. The number of ether oxygens (including phenoxy) is 1. The third-order valence-electron chi connectivity index (χ3n) is 4.50. The molecule has 9 heteroatoms. The van der Waals surface area contributed by atoms with Gasteiger partial charge in [-0.25, -0.2) is 10.4 Å². The van der Waals surface area contributed by atoms with E-state index in [4.69, 9.17) is 4.74 Å². The monoisotopic (exact) mass is 445 g/mol. The number of methoxy groups -OCH3 is 1. The molecule has 2 heterocycles. The first-order valence-corrected chi connectivity index (χ1v) is 10.7. The normalized spacial score (nSPS) is 11.0. The zero-order valence-corrected chi connectivity index (χ0v) is 18.0. The number of pyridine rings is 1. The summed E-state index contributed by atoms with van der Waals surface area (Å²) in [6, 6.07) is 17.8. The van der Waals surface area contributed by atoms with Gasteiger partial charge in [-0.05, 0) is 42.5 Å². The van der Waals surface area contributed by atoms with Gasteiger partial charge in [0.2, 0.25) is 0 Å². The van der Waals surface area contributed by atoms with E-state index in [0.717, 1.165) is 17.3 Å². The molecule has 0 atom stereocenters. The molecule has 4 aromatic rings. The minimum atomic E-state index is -0.321. The molecule has 160 valence electrons. The molecule has 0 unspecified atom stereocenters. The van der Waals surface area contributed by atoms with Crippen molar-refractivity contribution in [1.82, 2.24) is 20.0 Å². The van der Waals surface area contributed by atoms with Gasteiger partial charge in [-0.3, -0.25) is 19.1 Å². The third kappa shape index (κ3) is 4.84. The third-order valence-corrected chi connectivity index (χ3v) is 5.43. The van der Waals surface area contributed by atoms with Crippen LogP contribution >= 0.6 is 11.8 Å². The Kier molecular flexibility index (Phi) is 6.57. The van der Waals surface area contributed by atoms with Crippen molar-refractivity contribution in [2.24, 2.45) is 5.10 Å². The quantitative estimate of drug-likeness (QED) is 0.203. The number of hydrazone groups is 1. The van der Waals surface area contributed by atoms with Gasteiger partial charge in [0, 0.05) is 18.0 Å². The van der Waals surface area contributed by atoms with E-state index in [0.29, 0.717) is 27.5 Å². The number of benzene rings is 2. The number of amides is 1. The fourth-order valence-corrected chi connectivity index (χ4v) is 3.77. The lowest BCUT2D eigenvalue weighted by Crippen LogP contribution is -2.24. The number of fused-ring (bicyclic) bond motifs is 1. The molecule has 1 N–H and O–H groups in total. The van der Waals surface area contributed by atoms with Crippen LogP contribution in [-0.4, -0.2) is 39.5 Å². The van der Waals surface area contributed by atoms with Crippen molar-refractivity contribution in [3.8, 4) is 11.4 Å². The summed E-state index contributed by atoms with van der Waals surface area (Å²) >= 11 is 1.16. The maximum Gasteiger partial charge on any atom is 0.266 e. The second-order valence-electron chi connectivity index (χ2n) is 6.62. The minimum Gasteiger partial charge on any atom is -0.497 e. The molecule has 1 amide bonds. The van der Waals surface area contributed by atoms with Crippen molar-refractivity contribution < 1.29 is 9.53 Å². The highest BCUT2D eigenvalue weighted by molar-refractivity contribution is 7.99. The standard InChI is InChI=1S/C23H19N5O3S/c1-31-18-10-8-17(9-11-18)28-22(30)19-6-2-3-7-20(19)26-23(28)32-15-21(29)27-25-14-16-5-4-12-24-13-16/h2-14H,15H2,1H3,(H,27,29)/b25-14+. The van der Waals surface area contributed by atoms with Gasteiger partial charge in [0.1, 0.15) is 5.75 Å². The topological polar surface area (TPSA) is 98.5 Å². The first-order chi connectivity index (χ1) is 15.7. The highest BCUT2D eigenvalue weighted by Crippen LogP contribution is 2.22. The molecule has 0 saturated heterocycles. The summed E-state index contributed by atoms with van der Waals surface area (Å²) in [7, 11) is 1.58. The summed E-state index contributed by atoms with van der Waals surface area (Å²) in [5, 5.41) is 4.85. The van der Waals surface area contributed by atoms with E-state index in [1.54, 1.807) is 68.0 Å². The van der Waals surface area contributed by atoms with Crippen LogP contribution < -0.4 is 15.7 Å². The molecule has 8 nitrogen and oxygen atoms in total. The van der Waals surface area contributed by atoms with Crippen LogP contribution in [0.2, 0.25) is 0 Å². The number of hydrogen-bond donors (Lipinski definition) is 1. The number of carbonyl (C=O) groups excluding carboxylic acids is 1. The largest absolute Gasteiger partial charge is 0.497 e. The van der Waals surface area contributed by atoms with Gasteiger partial charge < -0.3 is 4.74 Å². The van der Waals surface area contributed by atoms with Gasteiger partial charge in [0.05, 0.1) is 35.7 Å². The maximum absolute atomic E-state index is 13.2. The van der Waals surface area contributed by atoms with Gasteiger partial charge in [0.25, 0.3) is 11.5 Å². The van der Waals surface area contributed by atoms with Crippen molar-refractivity contribution in [1.29, 1.82) is 0 Å². The van der Waals surface area contributed by atoms with Crippen LogP contribution in [0.5, 0.6) is 5.75 Å². The Labute approximate surface area is 188 Å². The zero-order valence-electron chi connectivity index (χ0n) is 17.1. The summed E-state index contributed by atoms with van der Waals surface area (Å²) in [5.74, 6) is 0.389. The molecule has 0 radical (unpaired) electrons. The van der Waals surface area contributed by atoms with Crippen LogP contribution in [0.15, 0.2) is 88.1 Å². The second-order valence-corrected chi connectivity index (χ2v) is 7.56. The molecule has 4 rings (SSSR count). The number of hydrogen-bond acceptors (Lipinski definition) is 7. The Morgan fingerprint density at radius 1 is 1.16 bits per heavy atom. The molecule has 2 aromatic carbocycles. The number of nitrogens with one attached hydrogen (secondary N) is 1. The van der Waals surface area contributed by atoms with Crippen molar-refractivity contribution in [3.63, 3.8) is 0 Å². The molecule has 0 aliphatic carbocycles. The van der Waals surface area contributed by atoms with Gasteiger partial charge in [-0.2, -0.15) is 5.10 Å². The predicted molar refractivity (Wildman–Crippen MR) is 125 cm³/mol. The number of thioether (sulfide) groups is 1. The minimum absolute atomic E-state index is 0.0331. The highest BCUT2D eigenvalue weighted by Gasteiger charge is 2.14. The molecule has 2 aromatic heterocycles. The molecular formula is C23H19N5O3S. The van der Waals surface area contributed by atoms with Crippen LogP contribution in [0.3, 0.4) is 0 Å². The molecule has 0 saturated carbocycles. The second kappa shape index (κ2) is 9.88. The summed E-state index contributed by atoms with van der Waals surface area (Å²) < 4.78 is 6.70. The zero-order chi connectivity index (χ0) is 22.3. The van der Waals surface area contributed by atoms with E-state index < -0.39 is 0 Å². The lowest BCUT2D eigenvalue weighted by atomic mass is 10.2. The van der Waals surface area contributed by atoms with Gasteiger partial charge in [-0.15, -0.1) is 0 Å².